The lowest BCUT2D eigenvalue weighted by molar-refractivity contribution is 0.0981. The summed E-state index contributed by atoms with van der Waals surface area (Å²) in [6.45, 7) is 10.9. The molecule has 1 aromatic carbocycles. The Bertz CT molecular complexity index is 437. The Balaban J connectivity index is 1.49. The van der Waals surface area contributed by atoms with Crippen molar-refractivity contribution in [2.75, 3.05) is 45.9 Å². The van der Waals surface area contributed by atoms with Crippen molar-refractivity contribution in [3.8, 4) is 5.75 Å². The third-order valence-electron chi connectivity index (χ3n) is 4.57. The second-order valence-electron chi connectivity index (χ2n) is 6.04. The first-order valence-electron chi connectivity index (χ1n) is 8.24. The third kappa shape index (κ3) is 3.96. The summed E-state index contributed by atoms with van der Waals surface area (Å²) in [7, 11) is 0. The highest BCUT2D eigenvalue weighted by molar-refractivity contribution is 5.28. The fraction of sp³-hybridized carbons (Fsp3) is 0.647. The zero-order valence-electron chi connectivity index (χ0n) is 13.1. The van der Waals surface area contributed by atoms with E-state index >= 15 is 0 Å². The van der Waals surface area contributed by atoms with Crippen LogP contribution in [0.2, 0.25) is 0 Å². The van der Waals surface area contributed by atoms with E-state index in [1.54, 1.807) is 0 Å². The number of piperazine rings is 1. The summed E-state index contributed by atoms with van der Waals surface area (Å²) in [6, 6.07) is 9.29. The van der Waals surface area contributed by atoms with Gasteiger partial charge in [0.05, 0.1) is 6.61 Å². The van der Waals surface area contributed by atoms with Gasteiger partial charge in [-0.05, 0) is 37.6 Å². The summed E-state index contributed by atoms with van der Waals surface area (Å²) in [5.74, 6) is 0.991. The van der Waals surface area contributed by atoms with Gasteiger partial charge in [0.25, 0.3) is 0 Å². The highest BCUT2D eigenvalue weighted by atomic mass is 16.5. The zero-order valence-corrected chi connectivity index (χ0v) is 13.1. The third-order valence-corrected chi connectivity index (χ3v) is 4.57. The molecule has 2 aliphatic rings. The molecule has 1 atom stereocenters. The van der Waals surface area contributed by atoms with Gasteiger partial charge in [0.1, 0.15) is 5.75 Å². The van der Waals surface area contributed by atoms with Gasteiger partial charge in [-0.2, -0.15) is 0 Å². The maximum Gasteiger partial charge on any atom is 0.119 e. The zero-order chi connectivity index (χ0) is 14.5. The lowest BCUT2D eigenvalue weighted by Crippen LogP contribution is -2.50. The summed E-state index contributed by atoms with van der Waals surface area (Å²) in [5, 5.41) is 3.47. The topological polar surface area (TPSA) is 27.7 Å². The molecular formula is C17H27N3O. The van der Waals surface area contributed by atoms with Crippen LogP contribution in [0.3, 0.4) is 0 Å². The van der Waals surface area contributed by atoms with Gasteiger partial charge in [0.15, 0.2) is 0 Å². The van der Waals surface area contributed by atoms with Crippen molar-refractivity contribution in [1.29, 1.82) is 0 Å². The first kappa shape index (κ1) is 14.8. The van der Waals surface area contributed by atoms with Crippen LogP contribution in [0.25, 0.3) is 0 Å². The quantitative estimate of drug-likeness (QED) is 0.890. The van der Waals surface area contributed by atoms with Crippen LogP contribution in [0, 0.1) is 0 Å². The van der Waals surface area contributed by atoms with Crippen molar-refractivity contribution in [3.05, 3.63) is 29.8 Å². The molecule has 0 saturated carbocycles. The maximum atomic E-state index is 5.59. The van der Waals surface area contributed by atoms with Crippen LogP contribution < -0.4 is 10.1 Å². The van der Waals surface area contributed by atoms with Crippen LogP contribution in [-0.2, 0) is 6.54 Å². The molecule has 2 fully saturated rings. The lowest BCUT2D eigenvalue weighted by Gasteiger charge is -2.37. The maximum absolute atomic E-state index is 5.59. The Morgan fingerprint density at radius 2 is 2.10 bits per heavy atom. The molecule has 4 nitrogen and oxygen atoms in total. The Morgan fingerprint density at radius 3 is 2.81 bits per heavy atom. The molecule has 4 heteroatoms. The predicted molar refractivity (Wildman–Crippen MR) is 85.7 cm³/mol. The highest BCUT2D eigenvalue weighted by Gasteiger charge is 2.25. The van der Waals surface area contributed by atoms with Crippen molar-refractivity contribution in [3.63, 3.8) is 0 Å². The molecule has 116 valence electrons. The van der Waals surface area contributed by atoms with E-state index in [-0.39, 0.29) is 0 Å². The molecule has 3 rings (SSSR count). The summed E-state index contributed by atoms with van der Waals surface area (Å²) >= 11 is 0. The van der Waals surface area contributed by atoms with E-state index in [1.165, 1.54) is 51.3 Å². The van der Waals surface area contributed by atoms with Crippen molar-refractivity contribution in [1.82, 2.24) is 15.1 Å². The van der Waals surface area contributed by atoms with Gasteiger partial charge in [0.2, 0.25) is 0 Å². The van der Waals surface area contributed by atoms with Crippen LogP contribution in [0.4, 0.5) is 0 Å². The number of nitrogens with zero attached hydrogens (tertiary/aromatic N) is 2. The van der Waals surface area contributed by atoms with E-state index < -0.39 is 0 Å². The van der Waals surface area contributed by atoms with Crippen LogP contribution in [0.15, 0.2) is 24.3 Å². The highest BCUT2D eigenvalue weighted by Crippen LogP contribution is 2.17. The fourth-order valence-electron chi connectivity index (χ4n) is 3.40. The van der Waals surface area contributed by atoms with Crippen molar-refractivity contribution < 1.29 is 4.74 Å². The van der Waals surface area contributed by atoms with Crippen molar-refractivity contribution in [2.45, 2.75) is 25.9 Å². The van der Waals surface area contributed by atoms with E-state index in [2.05, 4.69) is 33.3 Å². The molecule has 1 unspecified atom stereocenters. The second-order valence-corrected chi connectivity index (χ2v) is 6.04. The smallest absolute Gasteiger partial charge is 0.119 e. The normalized spacial score (nSPS) is 24.3. The number of ether oxygens (including phenoxy) is 1. The van der Waals surface area contributed by atoms with Gasteiger partial charge in [-0.25, -0.2) is 0 Å². The second kappa shape index (κ2) is 7.25. The summed E-state index contributed by atoms with van der Waals surface area (Å²) in [4.78, 5) is 5.22. The molecule has 21 heavy (non-hydrogen) atoms. The molecule has 0 spiro atoms. The number of hydrogen-bond acceptors (Lipinski definition) is 4. The van der Waals surface area contributed by atoms with E-state index in [4.69, 9.17) is 4.74 Å². The van der Waals surface area contributed by atoms with Gasteiger partial charge in [-0.15, -0.1) is 0 Å². The molecule has 2 aliphatic heterocycles. The van der Waals surface area contributed by atoms with Gasteiger partial charge in [-0.1, -0.05) is 12.1 Å². The Morgan fingerprint density at radius 1 is 1.24 bits per heavy atom. The molecule has 0 radical (unpaired) electrons. The minimum absolute atomic E-state index is 0.734. The number of hydrogen-bond donors (Lipinski definition) is 1. The molecule has 2 saturated heterocycles. The van der Waals surface area contributed by atoms with Crippen LogP contribution in [0.5, 0.6) is 5.75 Å². The Hall–Kier alpha value is -1.10. The average Bonchev–Trinajstić information content (AvgIpc) is 3.03. The molecule has 1 N–H and O–H groups in total. The largest absolute Gasteiger partial charge is 0.494 e. The van der Waals surface area contributed by atoms with Gasteiger partial charge < -0.3 is 10.1 Å². The lowest BCUT2D eigenvalue weighted by atomic mass is 10.1. The molecule has 0 aromatic heterocycles. The van der Waals surface area contributed by atoms with Gasteiger partial charge in [-0.3, -0.25) is 9.80 Å². The molecule has 0 aliphatic carbocycles. The van der Waals surface area contributed by atoms with Crippen molar-refractivity contribution in [2.24, 2.45) is 0 Å². The SMILES string of the molecule is CCOc1cccc(CN2CCN(C3CCNC3)CC2)c1. The molecule has 0 bridgehead atoms. The summed E-state index contributed by atoms with van der Waals surface area (Å²) < 4.78 is 5.59. The minimum atomic E-state index is 0.734. The van der Waals surface area contributed by atoms with Crippen LogP contribution in [0.1, 0.15) is 18.9 Å². The van der Waals surface area contributed by atoms with E-state index in [0.29, 0.717) is 0 Å². The first-order valence-corrected chi connectivity index (χ1v) is 8.24. The minimum Gasteiger partial charge on any atom is -0.494 e. The molecule has 1 aromatic rings. The number of rotatable bonds is 5. The standard InChI is InChI=1S/C17H27N3O/c1-2-21-17-5-3-4-15(12-17)14-19-8-10-20(11-9-19)16-6-7-18-13-16/h3-5,12,16,18H,2,6-11,13-14H2,1H3. The predicted octanol–water partition coefficient (Wildman–Crippen LogP) is 1.56. The Labute approximate surface area is 128 Å². The van der Waals surface area contributed by atoms with Crippen molar-refractivity contribution >= 4 is 0 Å². The molecule has 0 amide bonds. The van der Waals surface area contributed by atoms with E-state index in [1.807, 2.05) is 13.0 Å². The van der Waals surface area contributed by atoms with E-state index in [0.717, 1.165) is 24.9 Å². The summed E-state index contributed by atoms with van der Waals surface area (Å²) in [5.41, 5.74) is 1.36. The van der Waals surface area contributed by atoms with Gasteiger partial charge >= 0.3 is 0 Å². The fourth-order valence-corrected chi connectivity index (χ4v) is 3.40. The van der Waals surface area contributed by atoms with Gasteiger partial charge in [0, 0.05) is 45.3 Å². The van der Waals surface area contributed by atoms with Crippen LogP contribution in [-0.4, -0.2) is 61.7 Å². The van der Waals surface area contributed by atoms with Crippen LogP contribution >= 0.6 is 0 Å². The first-order chi connectivity index (χ1) is 10.3. The van der Waals surface area contributed by atoms with E-state index in [9.17, 15) is 0 Å². The average molecular weight is 289 g/mol. The molecule has 2 heterocycles. The Kier molecular flexibility index (Phi) is 5.12. The number of benzene rings is 1. The monoisotopic (exact) mass is 289 g/mol. The number of nitrogens with one attached hydrogen (secondary N) is 1. The summed E-state index contributed by atoms with van der Waals surface area (Å²) in [6.07, 6.45) is 1.32. The molecular weight excluding hydrogens is 262 g/mol.